The third kappa shape index (κ3) is 7.53. The highest BCUT2D eigenvalue weighted by atomic mass is 32.2. The zero-order valence-corrected chi connectivity index (χ0v) is 17.2. The van der Waals surface area contributed by atoms with Crippen molar-refractivity contribution >= 4 is 27.8 Å². The number of halogens is 1. The van der Waals surface area contributed by atoms with Crippen molar-refractivity contribution in [2.24, 2.45) is 5.10 Å². The van der Waals surface area contributed by atoms with Crippen molar-refractivity contribution in [1.29, 1.82) is 0 Å². The number of ether oxygens (including phenoxy) is 1. The summed E-state index contributed by atoms with van der Waals surface area (Å²) in [5.74, 6) is -0.509. The average molecular weight is 421 g/mol. The molecule has 0 aromatic heterocycles. The third-order valence-corrected chi connectivity index (χ3v) is 4.97. The minimum Gasteiger partial charge on any atom is -0.494 e. The largest absolute Gasteiger partial charge is 0.494 e. The third-order valence-electron chi connectivity index (χ3n) is 3.83. The molecule has 2 aromatic rings. The fourth-order valence-electron chi connectivity index (χ4n) is 2.36. The number of nitrogens with one attached hydrogen (secondary N) is 1. The molecule has 0 saturated heterocycles. The predicted octanol–water partition coefficient (Wildman–Crippen LogP) is 2.92. The maximum atomic E-state index is 13.4. The number of carbonyl (C=O) groups excluding carboxylic acids is 1. The van der Waals surface area contributed by atoms with Gasteiger partial charge in [-0.25, -0.2) is 18.2 Å². The van der Waals surface area contributed by atoms with E-state index in [1.165, 1.54) is 24.4 Å². The van der Waals surface area contributed by atoms with Gasteiger partial charge >= 0.3 is 0 Å². The van der Waals surface area contributed by atoms with Gasteiger partial charge in [-0.1, -0.05) is 19.4 Å². The maximum Gasteiger partial charge on any atom is 0.260 e. The van der Waals surface area contributed by atoms with Crippen molar-refractivity contribution in [3.05, 3.63) is 59.9 Å². The van der Waals surface area contributed by atoms with Crippen LogP contribution in [0, 0.1) is 5.82 Å². The van der Waals surface area contributed by atoms with Gasteiger partial charge < -0.3 is 4.74 Å². The molecule has 2 rings (SSSR count). The topological polar surface area (TPSA) is 88.1 Å². The Bertz CT molecular complexity index is 946. The molecule has 0 heterocycles. The van der Waals surface area contributed by atoms with Crippen molar-refractivity contribution in [1.82, 2.24) is 5.43 Å². The van der Waals surface area contributed by atoms with Crippen molar-refractivity contribution in [3.8, 4) is 5.75 Å². The highest BCUT2D eigenvalue weighted by Gasteiger charge is 2.21. The number of hydrazone groups is 1. The number of hydrogen-bond donors (Lipinski definition) is 1. The summed E-state index contributed by atoms with van der Waals surface area (Å²) in [6.07, 6.45) is 4.41. The minimum absolute atomic E-state index is 0.0605. The first-order chi connectivity index (χ1) is 13.8. The zero-order chi connectivity index (χ0) is 21.3. The molecule has 1 amide bonds. The van der Waals surface area contributed by atoms with Gasteiger partial charge in [-0.15, -0.1) is 0 Å². The summed E-state index contributed by atoms with van der Waals surface area (Å²) in [4.78, 5) is 12.1. The molecule has 7 nitrogen and oxygen atoms in total. The number of anilines is 1. The molecule has 2 aromatic carbocycles. The summed E-state index contributed by atoms with van der Waals surface area (Å²) in [5.41, 5.74) is 3.07. The van der Waals surface area contributed by atoms with Gasteiger partial charge in [-0.05, 0) is 54.4 Å². The molecule has 0 fully saturated rings. The Kier molecular flexibility index (Phi) is 8.14. The van der Waals surface area contributed by atoms with E-state index in [-0.39, 0.29) is 5.69 Å². The predicted molar refractivity (Wildman–Crippen MR) is 111 cm³/mol. The smallest absolute Gasteiger partial charge is 0.260 e. The van der Waals surface area contributed by atoms with E-state index >= 15 is 0 Å². The molecule has 9 heteroatoms. The monoisotopic (exact) mass is 421 g/mol. The second kappa shape index (κ2) is 10.6. The number of benzene rings is 2. The molecule has 0 atom stereocenters. The fourth-order valence-corrected chi connectivity index (χ4v) is 3.21. The van der Waals surface area contributed by atoms with Crippen LogP contribution in [0.4, 0.5) is 10.1 Å². The van der Waals surface area contributed by atoms with Gasteiger partial charge in [0, 0.05) is 0 Å². The molecule has 0 aliphatic carbocycles. The molecule has 0 aliphatic rings. The number of nitrogens with zero attached hydrogens (tertiary/aromatic N) is 2. The van der Waals surface area contributed by atoms with Crippen LogP contribution in [0.1, 0.15) is 25.3 Å². The second-order valence-electron chi connectivity index (χ2n) is 6.31. The Morgan fingerprint density at radius 1 is 1.24 bits per heavy atom. The van der Waals surface area contributed by atoms with Crippen molar-refractivity contribution in [2.45, 2.75) is 19.8 Å². The van der Waals surface area contributed by atoms with E-state index in [1.54, 1.807) is 24.3 Å². The standard InChI is InChI=1S/C20H24FN3O4S/c1-3-4-12-28-19-10-8-16(9-11-19)14-22-23-20(25)15-24(29(2,26)27)18-7-5-6-17(21)13-18/h5-11,13-14H,3-4,12,15H2,1-2H3,(H,23,25)/b22-14-. The van der Waals surface area contributed by atoms with Gasteiger partial charge in [-0.2, -0.15) is 5.10 Å². The first kappa shape index (κ1) is 22.4. The van der Waals surface area contributed by atoms with Crippen LogP contribution in [0.25, 0.3) is 0 Å². The van der Waals surface area contributed by atoms with Gasteiger partial charge in [-0.3, -0.25) is 9.10 Å². The van der Waals surface area contributed by atoms with Crippen LogP contribution in [0.5, 0.6) is 5.75 Å². The summed E-state index contributed by atoms with van der Waals surface area (Å²) >= 11 is 0. The molecule has 0 aliphatic heterocycles. The lowest BCUT2D eigenvalue weighted by Crippen LogP contribution is -2.39. The summed E-state index contributed by atoms with van der Waals surface area (Å²) in [6, 6.07) is 12.2. The SMILES string of the molecule is CCCCOc1ccc(/C=N\NC(=O)CN(c2cccc(F)c2)S(C)(=O)=O)cc1. The highest BCUT2D eigenvalue weighted by Crippen LogP contribution is 2.18. The Morgan fingerprint density at radius 3 is 2.59 bits per heavy atom. The van der Waals surface area contributed by atoms with Crippen LogP contribution in [-0.4, -0.2) is 39.9 Å². The number of carbonyl (C=O) groups is 1. The normalized spacial score (nSPS) is 11.4. The van der Waals surface area contributed by atoms with Gasteiger partial charge in [0.05, 0.1) is 24.8 Å². The molecule has 0 radical (unpaired) electrons. The highest BCUT2D eigenvalue weighted by molar-refractivity contribution is 7.92. The van der Waals surface area contributed by atoms with E-state index in [0.717, 1.165) is 40.8 Å². The van der Waals surface area contributed by atoms with E-state index in [0.29, 0.717) is 6.61 Å². The quantitative estimate of drug-likeness (QED) is 0.363. The summed E-state index contributed by atoms with van der Waals surface area (Å²) in [5, 5.41) is 3.83. The summed E-state index contributed by atoms with van der Waals surface area (Å²) < 4.78 is 43.7. The van der Waals surface area contributed by atoms with Crippen molar-refractivity contribution in [3.63, 3.8) is 0 Å². The van der Waals surface area contributed by atoms with Crippen LogP contribution in [0.2, 0.25) is 0 Å². The first-order valence-corrected chi connectivity index (χ1v) is 10.9. The van der Waals surface area contributed by atoms with E-state index < -0.39 is 28.3 Å². The number of sulfonamides is 1. The molecule has 0 unspecified atom stereocenters. The number of hydrogen-bond acceptors (Lipinski definition) is 5. The molecule has 0 spiro atoms. The van der Waals surface area contributed by atoms with Crippen molar-refractivity contribution < 1.29 is 22.3 Å². The second-order valence-corrected chi connectivity index (χ2v) is 8.22. The van der Waals surface area contributed by atoms with E-state index in [4.69, 9.17) is 4.74 Å². The maximum absolute atomic E-state index is 13.4. The summed E-state index contributed by atoms with van der Waals surface area (Å²) in [6.45, 7) is 2.22. The Hall–Kier alpha value is -2.94. The zero-order valence-electron chi connectivity index (χ0n) is 16.3. The molecule has 0 saturated carbocycles. The van der Waals surface area contributed by atoms with Crippen LogP contribution in [0.15, 0.2) is 53.6 Å². The van der Waals surface area contributed by atoms with Crippen LogP contribution in [0.3, 0.4) is 0 Å². The molecular formula is C20H24FN3O4S. The van der Waals surface area contributed by atoms with Gasteiger partial charge in [0.25, 0.3) is 5.91 Å². The lowest BCUT2D eigenvalue weighted by atomic mass is 10.2. The molecule has 29 heavy (non-hydrogen) atoms. The average Bonchev–Trinajstić information content (AvgIpc) is 2.67. The van der Waals surface area contributed by atoms with E-state index in [9.17, 15) is 17.6 Å². The number of amides is 1. The number of unbranched alkanes of at least 4 members (excludes halogenated alkanes) is 1. The van der Waals surface area contributed by atoms with Crippen LogP contribution in [-0.2, 0) is 14.8 Å². The van der Waals surface area contributed by atoms with E-state index in [2.05, 4.69) is 17.5 Å². The lowest BCUT2D eigenvalue weighted by Gasteiger charge is -2.21. The fraction of sp³-hybridized carbons (Fsp3) is 0.300. The molecule has 1 N–H and O–H groups in total. The molecule has 0 bridgehead atoms. The molecule has 156 valence electrons. The van der Waals surface area contributed by atoms with Crippen LogP contribution < -0.4 is 14.5 Å². The van der Waals surface area contributed by atoms with Gasteiger partial charge in [0.1, 0.15) is 18.1 Å². The minimum atomic E-state index is -3.78. The van der Waals surface area contributed by atoms with Gasteiger partial charge in [0.2, 0.25) is 10.0 Å². The van der Waals surface area contributed by atoms with Gasteiger partial charge in [0.15, 0.2) is 0 Å². The van der Waals surface area contributed by atoms with E-state index in [1.807, 2.05) is 0 Å². The lowest BCUT2D eigenvalue weighted by molar-refractivity contribution is -0.119. The Morgan fingerprint density at radius 2 is 1.97 bits per heavy atom. The number of rotatable bonds is 10. The Balaban J connectivity index is 1.95. The van der Waals surface area contributed by atoms with Crippen LogP contribution >= 0.6 is 0 Å². The van der Waals surface area contributed by atoms with Crippen molar-refractivity contribution in [2.75, 3.05) is 23.7 Å². The molecular weight excluding hydrogens is 397 g/mol. The Labute approximate surface area is 170 Å². The summed E-state index contributed by atoms with van der Waals surface area (Å²) in [7, 11) is -3.78. The first-order valence-electron chi connectivity index (χ1n) is 9.07.